The van der Waals surface area contributed by atoms with E-state index in [1.54, 1.807) is 56.7 Å². The van der Waals surface area contributed by atoms with Gasteiger partial charge in [0.1, 0.15) is 11.5 Å². The lowest BCUT2D eigenvalue weighted by molar-refractivity contribution is 0.262. The number of amides is 2. The molecule has 0 bridgehead atoms. The van der Waals surface area contributed by atoms with E-state index in [2.05, 4.69) is 10.6 Å². The average Bonchev–Trinajstić information content (AvgIpc) is 2.70. The number of ether oxygens (including phenoxy) is 3. The lowest BCUT2D eigenvalue weighted by Gasteiger charge is -2.13. The van der Waals surface area contributed by atoms with Gasteiger partial charge in [0.2, 0.25) is 0 Å². The van der Waals surface area contributed by atoms with Crippen molar-refractivity contribution in [2.75, 3.05) is 24.9 Å². The largest absolute Gasteiger partial charge is 0.497 e. The first-order valence-corrected chi connectivity index (χ1v) is 8.31. The number of anilines is 2. The van der Waals surface area contributed by atoms with Gasteiger partial charge < -0.3 is 24.8 Å². The molecule has 6 nitrogen and oxygen atoms in total. The summed E-state index contributed by atoms with van der Waals surface area (Å²) < 4.78 is 16.3. The molecule has 0 saturated heterocycles. The third-order valence-electron chi connectivity index (χ3n) is 3.74. The summed E-state index contributed by atoms with van der Waals surface area (Å²) in [5.74, 6) is 2.50. The first-order chi connectivity index (χ1) is 13.2. The number of benzene rings is 3. The number of methoxy groups -OCH3 is 2. The van der Waals surface area contributed by atoms with Gasteiger partial charge in [0, 0.05) is 17.4 Å². The number of rotatable bonds is 6. The molecule has 0 aliphatic carbocycles. The Bertz CT molecular complexity index is 896. The van der Waals surface area contributed by atoms with E-state index in [9.17, 15) is 4.79 Å². The fourth-order valence-electron chi connectivity index (χ4n) is 2.41. The van der Waals surface area contributed by atoms with Crippen molar-refractivity contribution in [2.24, 2.45) is 0 Å². The molecule has 0 fully saturated rings. The second-order valence-corrected chi connectivity index (χ2v) is 5.59. The van der Waals surface area contributed by atoms with E-state index in [0.29, 0.717) is 28.6 Å². The van der Waals surface area contributed by atoms with Crippen molar-refractivity contribution in [1.29, 1.82) is 0 Å². The molecular formula is C21H20N2O4. The third-order valence-corrected chi connectivity index (χ3v) is 3.74. The van der Waals surface area contributed by atoms with Crippen molar-refractivity contribution in [2.45, 2.75) is 0 Å². The minimum Gasteiger partial charge on any atom is -0.497 e. The number of hydrogen-bond donors (Lipinski definition) is 2. The molecule has 138 valence electrons. The van der Waals surface area contributed by atoms with Crippen LogP contribution in [0.25, 0.3) is 0 Å². The molecule has 2 amide bonds. The standard InChI is InChI=1S/C21H20N2O4/c1-25-17-11-8-15(9-12-17)22-21(24)23-16-10-13-19(20(14-16)26-2)27-18-6-4-3-5-7-18/h3-14H,1-2H3,(H2,22,23,24). The molecule has 3 aromatic carbocycles. The van der Waals surface area contributed by atoms with Crippen molar-refractivity contribution < 1.29 is 19.0 Å². The van der Waals surface area contributed by atoms with Crippen molar-refractivity contribution in [1.82, 2.24) is 0 Å². The predicted octanol–water partition coefficient (Wildman–Crippen LogP) is 5.14. The Balaban J connectivity index is 1.66. The fraction of sp³-hybridized carbons (Fsp3) is 0.0952. The molecule has 0 aliphatic rings. The highest BCUT2D eigenvalue weighted by Gasteiger charge is 2.09. The van der Waals surface area contributed by atoms with Crippen LogP contribution in [0.2, 0.25) is 0 Å². The highest BCUT2D eigenvalue weighted by Crippen LogP contribution is 2.33. The van der Waals surface area contributed by atoms with Crippen LogP contribution < -0.4 is 24.8 Å². The van der Waals surface area contributed by atoms with Crippen molar-refractivity contribution in [3.63, 3.8) is 0 Å². The summed E-state index contributed by atoms with van der Waals surface area (Å²) in [6.45, 7) is 0. The van der Waals surface area contributed by atoms with Crippen LogP contribution in [0.1, 0.15) is 0 Å². The molecular weight excluding hydrogens is 344 g/mol. The molecule has 2 N–H and O–H groups in total. The maximum absolute atomic E-state index is 12.2. The van der Waals surface area contributed by atoms with Gasteiger partial charge >= 0.3 is 6.03 Å². The summed E-state index contributed by atoms with van der Waals surface area (Å²) in [6, 6.07) is 21.3. The molecule has 27 heavy (non-hydrogen) atoms. The van der Waals surface area contributed by atoms with Crippen LogP contribution in [0.4, 0.5) is 16.2 Å². The highest BCUT2D eigenvalue weighted by molar-refractivity contribution is 5.99. The zero-order valence-corrected chi connectivity index (χ0v) is 15.1. The third kappa shape index (κ3) is 4.92. The minimum atomic E-state index is -0.362. The molecule has 0 spiro atoms. The summed E-state index contributed by atoms with van der Waals surface area (Å²) in [4.78, 5) is 12.2. The van der Waals surface area contributed by atoms with Gasteiger partial charge in [0.05, 0.1) is 14.2 Å². The van der Waals surface area contributed by atoms with Crippen LogP contribution in [-0.2, 0) is 0 Å². The zero-order valence-electron chi connectivity index (χ0n) is 15.1. The Morgan fingerprint density at radius 2 is 1.37 bits per heavy atom. The summed E-state index contributed by atoms with van der Waals surface area (Å²) >= 11 is 0. The molecule has 0 aliphatic heterocycles. The van der Waals surface area contributed by atoms with Crippen LogP contribution in [0.3, 0.4) is 0 Å². The van der Waals surface area contributed by atoms with Crippen molar-refractivity contribution >= 4 is 17.4 Å². The van der Waals surface area contributed by atoms with E-state index < -0.39 is 0 Å². The summed E-state index contributed by atoms with van der Waals surface area (Å²) in [5.41, 5.74) is 1.24. The second kappa shape index (κ2) is 8.62. The number of carbonyl (C=O) groups is 1. The van der Waals surface area contributed by atoms with Gasteiger partial charge in [-0.05, 0) is 48.5 Å². The van der Waals surface area contributed by atoms with Gasteiger partial charge in [-0.2, -0.15) is 0 Å². The molecule has 6 heteroatoms. The molecule has 3 aromatic rings. The predicted molar refractivity (Wildman–Crippen MR) is 105 cm³/mol. The van der Waals surface area contributed by atoms with E-state index in [1.807, 2.05) is 30.3 Å². The van der Waals surface area contributed by atoms with Crippen LogP contribution >= 0.6 is 0 Å². The highest BCUT2D eigenvalue weighted by atomic mass is 16.5. The van der Waals surface area contributed by atoms with Crippen LogP contribution in [0.5, 0.6) is 23.0 Å². The van der Waals surface area contributed by atoms with Crippen LogP contribution in [0, 0.1) is 0 Å². The molecule has 0 heterocycles. The molecule has 3 rings (SSSR count). The Kier molecular flexibility index (Phi) is 5.79. The molecule has 0 atom stereocenters. The number of hydrogen-bond acceptors (Lipinski definition) is 4. The van der Waals surface area contributed by atoms with Gasteiger partial charge in [0.15, 0.2) is 11.5 Å². The van der Waals surface area contributed by atoms with Crippen molar-refractivity contribution in [3.05, 3.63) is 72.8 Å². The topological polar surface area (TPSA) is 68.8 Å². The first kappa shape index (κ1) is 18.1. The van der Waals surface area contributed by atoms with Gasteiger partial charge in [-0.1, -0.05) is 18.2 Å². The number of nitrogens with one attached hydrogen (secondary N) is 2. The Hall–Kier alpha value is -3.67. The SMILES string of the molecule is COc1ccc(NC(=O)Nc2ccc(Oc3ccccc3)c(OC)c2)cc1. The van der Waals surface area contributed by atoms with E-state index in [-0.39, 0.29) is 6.03 Å². The maximum Gasteiger partial charge on any atom is 0.323 e. The van der Waals surface area contributed by atoms with Crippen molar-refractivity contribution in [3.8, 4) is 23.0 Å². The Morgan fingerprint density at radius 1 is 0.704 bits per heavy atom. The molecule has 0 unspecified atom stereocenters. The zero-order chi connectivity index (χ0) is 19.1. The van der Waals surface area contributed by atoms with Gasteiger partial charge in [-0.25, -0.2) is 4.79 Å². The van der Waals surface area contributed by atoms with Gasteiger partial charge in [0.25, 0.3) is 0 Å². The molecule has 0 radical (unpaired) electrons. The first-order valence-electron chi connectivity index (χ1n) is 8.31. The monoisotopic (exact) mass is 364 g/mol. The van der Waals surface area contributed by atoms with E-state index in [0.717, 1.165) is 5.75 Å². The van der Waals surface area contributed by atoms with E-state index in [4.69, 9.17) is 14.2 Å². The van der Waals surface area contributed by atoms with Gasteiger partial charge in [-0.3, -0.25) is 0 Å². The smallest absolute Gasteiger partial charge is 0.323 e. The minimum absolute atomic E-state index is 0.362. The summed E-state index contributed by atoms with van der Waals surface area (Å²) in [5, 5.41) is 5.52. The molecule has 0 aromatic heterocycles. The number of carbonyl (C=O) groups excluding carboxylic acids is 1. The average molecular weight is 364 g/mol. The Morgan fingerprint density at radius 3 is 2.04 bits per heavy atom. The fourth-order valence-corrected chi connectivity index (χ4v) is 2.41. The summed E-state index contributed by atoms with van der Waals surface area (Å²) in [7, 11) is 3.14. The van der Waals surface area contributed by atoms with Crippen LogP contribution in [0.15, 0.2) is 72.8 Å². The normalized spacial score (nSPS) is 10.0. The lowest BCUT2D eigenvalue weighted by Crippen LogP contribution is -2.19. The van der Waals surface area contributed by atoms with Crippen LogP contribution in [-0.4, -0.2) is 20.3 Å². The Labute approximate surface area is 157 Å². The quantitative estimate of drug-likeness (QED) is 0.635. The summed E-state index contributed by atoms with van der Waals surface area (Å²) in [6.07, 6.45) is 0. The van der Waals surface area contributed by atoms with E-state index in [1.165, 1.54) is 0 Å². The van der Waals surface area contributed by atoms with E-state index >= 15 is 0 Å². The lowest BCUT2D eigenvalue weighted by atomic mass is 10.2. The van der Waals surface area contributed by atoms with Gasteiger partial charge in [-0.15, -0.1) is 0 Å². The maximum atomic E-state index is 12.2. The number of urea groups is 1. The number of para-hydroxylation sites is 1. The second-order valence-electron chi connectivity index (χ2n) is 5.59. The molecule has 0 saturated carbocycles.